The van der Waals surface area contributed by atoms with E-state index in [-0.39, 0.29) is 5.91 Å². The van der Waals surface area contributed by atoms with Crippen molar-refractivity contribution < 1.29 is 14.3 Å². The molecule has 1 aromatic heterocycles. The molecule has 0 saturated heterocycles. The number of benzene rings is 3. The molecule has 2 N–H and O–H groups in total. The molecule has 1 aliphatic heterocycles. The maximum atomic E-state index is 13.4. The van der Waals surface area contributed by atoms with Crippen LogP contribution in [0.2, 0.25) is 0 Å². The second-order valence-electron chi connectivity index (χ2n) is 9.80. The molecule has 3 aromatic carbocycles. The van der Waals surface area contributed by atoms with Crippen LogP contribution in [-0.4, -0.2) is 53.2 Å². The van der Waals surface area contributed by atoms with Gasteiger partial charge in [-0.05, 0) is 52.8 Å². The number of amides is 1. The van der Waals surface area contributed by atoms with Crippen molar-refractivity contribution in [1.82, 2.24) is 14.9 Å². The summed E-state index contributed by atoms with van der Waals surface area (Å²) in [5.74, 6) is 0.784. The first-order chi connectivity index (χ1) is 19.2. The van der Waals surface area contributed by atoms with Gasteiger partial charge in [-0.2, -0.15) is 0 Å². The van der Waals surface area contributed by atoms with Crippen LogP contribution in [0, 0.1) is 0 Å². The van der Waals surface area contributed by atoms with Crippen molar-refractivity contribution in [2.45, 2.75) is 31.8 Å². The largest absolute Gasteiger partial charge is 0.491 e. The minimum absolute atomic E-state index is 0.0525. The first kappa shape index (κ1) is 26.5. The molecule has 200 valence electrons. The first-order valence-corrected chi connectivity index (χ1v) is 13.4. The molecule has 2 bridgehead atoms. The third kappa shape index (κ3) is 7.28. The number of hydrogen-bond donors (Lipinski definition) is 1. The molecule has 0 aliphatic carbocycles. The molecule has 0 saturated carbocycles. The van der Waals surface area contributed by atoms with Crippen molar-refractivity contribution >= 4 is 5.91 Å². The van der Waals surface area contributed by atoms with Gasteiger partial charge in [0.05, 0.1) is 19.3 Å². The molecule has 7 nitrogen and oxygen atoms in total. The molecule has 0 unspecified atom stereocenters. The zero-order chi connectivity index (χ0) is 26.9. The van der Waals surface area contributed by atoms with Crippen molar-refractivity contribution in [3.8, 4) is 16.9 Å². The predicted octanol–water partition coefficient (Wildman–Crippen LogP) is 4.43. The van der Waals surface area contributed by atoms with Gasteiger partial charge in [0, 0.05) is 37.5 Å². The highest BCUT2D eigenvalue weighted by Gasteiger charge is 2.22. The van der Waals surface area contributed by atoms with Crippen LogP contribution in [0.15, 0.2) is 91.5 Å². The summed E-state index contributed by atoms with van der Waals surface area (Å²) in [6.45, 7) is 2.23. The van der Waals surface area contributed by atoms with Crippen LogP contribution in [0.4, 0.5) is 0 Å². The molecule has 0 fully saturated rings. The number of carbonyl (C=O) groups excluding carboxylic acids is 1. The minimum Gasteiger partial charge on any atom is -0.491 e. The second kappa shape index (κ2) is 13.1. The highest BCUT2D eigenvalue weighted by molar-refractivity contribution is 5.81. The summed E-state index contributed by atoms with van der Waals surface area (Å²) in [5.41, 5.74) is 12.8. The van der Waals surface area contributed by atoms with E-state index in [1.807, 2.05) is 53.7 Å². The van der Waals surface area contributed by atoms with Crippen molar-refractivity contribution in [3.63, 3.8) is 0 Å². The lowest BCUT2D eigenvalue weighted by atomic mass is 9.98. The highest BCUT2D eigenvalue weighted by atomic mass is 16.5. The van der Waals surface area contributed by atoms with E-state index in [1.54, 1.807) is 0 Å². The van der Waals surface area contributed by atoms with Gasteiger partial charge >= 0.3 is 0 Å². The van der Waals surface area contributed by atoms with E-state index in [2.05, 4.69) is 46.4 Å². The molecule has 1 aliphatic rings. The molecule has 0 radical (unpaired) electrons. The summed E-state index contributed by atoms with van der Waals surface area (Å²) in [6, 6.07) is 24.1. The first-order valence-electron chi connectivity index (χ1n) is 13.4. The smallest absolute Gasteiger partial charge is 0.239 e. The van der Waals surface area contributed by atoms with Gasteiger partial charge in [0.2, 0.25) is 5.91 Å². The maximum Gasteiger partial charge on any atom is 0.239 e. The second-order valence-corrected chi connectivity index (χ2v) is 9.80. The van der Waals surface area contributed by atoms with Crippen LogP contribution in [0.1, 0.15) is 28.7 Å². The van der Waals surface area contributed by atoms with Gasteiger partial charge in [0.1, 0.15) is 18.7 Å². The summed E-state index contributed by atoms with van der Waals surface area (Å²) in [6.07, 6.45) is 7.20. The third-order valence-electron chi connectivity index (χ3n) is 6.92. The SMILES string of the molecule is N[C@@H](CCc1ccccc1)C(=O)N1CCOCCOc2ccc(-c3cncnc3)cc2Cc2cccc(c2)C1. The van der Waals surface area contributed by atoms with Gasteiger partial charge in [-0.15, -0.1) is 0 Å². The lowest BCUT2D eigenvalue weighted by molar-refractivity contribution is -0.134. The Labute approximate surface area is 229 Å². The van der Waals surface area contributed by atoms with Crippen LogP contribution < -0.4 is 10.5 Å². The zero-order valence-corrected chi connectivity index (χ0v) is 22.0. The summed E-state index contributed by atoms with van der Waals surface area (Å²) >= 11 is 0. The number of aromatic nitrogens is 2. The van der Waals surface area contributed by atoms with E-state index in [9.17, 15) is 4.79 Å². The zero-order valence-electron chi connectivity index (χ0n) is 22.0. The molecule has 39 heavy (non-hydrogen) atoms. The number of hydrogen-bond acceptors (Lipinski definition) is 6. The number of carbonyl (C=O) groups is 1. The Kier molecular flexibility index (Phi) is 8.94. The summed E-state index contributed by atoms with van der Waals surface area (Å²) in [5, 5.41) is 0. The molecule has 5 rings (SSSR count). The molecule has 1 amide bonds. The Morgan fingerprint density at radius 2 is 1.72 bits per heavy atom. The lowest BCUT2D eigenvalue weighted by Gasteiger charge is -2.26. The molecule has 4 aromatic rings. The minimum atomic E-state index is -0.567. The Bertz CT molecular complexity index is 1360. The summed E-state index contributed by atoms with van der Waals surface area (Å²) in [7, 11) is 0. The van der Waals surface area contributed by atoms with Gasteiger partial charge in [0.25, 0.3) is 0 Å². The normalized spacial score (nSPS) is 14.9. The van der Waals surface area contributed by atoms with E-state index in [0.29, 0.717) is 45.8 Å². The van der Waals surface area contributed by atoms with Gasteiger partial charge < -0.3 is 20.1 Å². The van der Waals surface area contributed by atoms with Gasteiger partial charge in [0.15, 0.2) is 0 Å². The summed E-state index contributed by atoms with van der Waals surface area (Å²) in [4.78, 5) is 23.5. The third-order valence-corrected chi connectivity index (χ3v) is 6.92. The fraction of sp³-hybridized carbons (Fsp3) is 0.281. The molecular formula is C32H34N4O3. The van der Waals surface area contributed by atoms with Crippen molar-refractivity contribution in [3.05, 3.63) is 114 Å². The lowest BCUT2D eigenvalue weighted by Crippen LogP contribution is -2.45. The number of nitrogens with zero attached hydrogens (tertiary/aromatic N) is 3. The van der Waals surface area contributed by atoms with Gasteiger partial charge in [-0.25, -0.2) is 9.97 Å². The van der Waals surface area contributed by atoms with Gasteiger partial charge in [-0.1, -0.05) is 60.7 Å². The van der Waals surface area contributed by atoms with E-state index in [1.165, 1.54) is 11.9 Å². The Morgan fingerprint density at radius 1 is 0.897 bits per heavy atom. The number of nitrogens with two attached hydrogens (primary N) is 1. The maximum absolute atomic E-state index is 13.4. The van der Waals surface area contributed by atoms with Crippen LogP contribution in [0.5, 0.6) is 5.75 Å². The number of rotatable bonds is 5. The quantitative estimate of drug-likeness (QED) is 0.417. The van der Waals surface area contributed by atoms with E-state index >= 15 is 0 Å². The summed E-state index contributed by atoms with van der Waals surface area (Å²) < 4.78 is 12.0. The van der Waals surface area contributed by atoms with Crippen molar-refractivity contribution in [2.24, 2.45) is 5.73 Å². The highest BCUT2D eigenvalue weighted by Crippen LogP contribution is 2.28. The number of fused-ring (bicyclic) bond motifs is 3. The molecule has 2 heterocycles. The molecular weight excluding hydrogens is 488 g/mol. The van der Waals surface area contributed by atoms with E-state index in [0.717, 1.165) is 40.0 Å². The average Bonchev–Trinajstić information content (AvgIpc) is 2.98. The van der Waals surface area contributed by atoms with Crippen LogP contribution in [0.3, 0.4) is 0 Å². The van der Waals surface area contributed by atoms with Crippen LogP contribution >= 0.6 is 0 Å². The number of ether oxygens (including phenoxy) is 2. The Balaban J connectivity index is 1.35. The van der Waals surface area contributed by atoms with Crippen molar-refractivity contribution in [1.29, 1.82) is 0 Å². The Hall–Kier alpha value is -4.07. The molecule has 7 heteroatoms. The standard InChI is InChI=1S/C32H34N4O3/c33-30(11-9-24-5-2-1-3-6-24)32(37)36-13-14-38-15-16-39-31-12-10-27(29-20-34-23-35-21-29)19-28(31)18-25-7-4-8-26(17-25)22-36/h1-8,10,12,17,19-21,23,30H,9,11,13-16,18,22,33H2/t30-/m0/s1. The topological polar surface area (TPSA) is 90.6 Å². The van der Waals surface area contributed by atoms with E-state index < -0.39 is 6.04 Å². The Morgan fingerprint density at radius 3 is 2.56 bits per heavy atom. The fourth-order valence-corrected chi connectivity index (χ4v) is 4.84. The average molecular weight is 523 g/mol. The fourth-order valence-electron chi connectivity index (χ4n) is 4.84. The van der Waals surface area contributed by atoms with Crippen LogP contribution in [-0.2, 0) is 28.9 Å². The monoisotopic (exact) mass is 522 g/mol. The van der Waals surface area contributed by atoms with Gasteiger partial charge in [-0.3, -0.25) is 4.79 Å². The van der Waals surface area contributed by atoms with E-state index in [4.69, 9.17) is 15.2 Å². The van der Waals surface area contributed by atoms with Crippen molar-refractivity contribution in [2.75, 3.05) is 26.4 Å². The predicted molar refractivity (Wildman–Crippen MR) is 151 cm³/mol. The molecule has 1 atom stereocenters. The molecule has 0 spiro atoms. The van der Waals surface area contributed by atoms with Crippen LogP contribution in [0.25, 0.3) is 11.1 Å². The number of aryl methyl sites for hydroxylation is 1.